The van der Waals surface area contributed by atoms with Crippen molar-refractivity contribution in [2.24, 2.45) is 0 Å². The maximum absolute atomic E-state index is 12.5. The van der Waals surface area contributed by atoms with Gasteiger partial charge in [-0.1, -0.05) is 11.6 Å². The van der Waals surface area contributed by atoms with E-state index in [0.29, 0.717) is 27.5 Å². The lowest BCUT2D eigenvalue weighted by atomic mass is 10.0. The van der Waals surface area contributed by atoms with Gasteiger partial charge in [-0.05, 0) is 60.7 Å². The lowest BCUT2D eigenvalue weighted by Crippen LogP contribution is -2.01. The minimum atomic E-state index is -0.481. The third-order valence-electron chi connectivity index (χ3n) is 4.38. The minimum absolute atomic E-state index is 0.0233. The molecule has 31 heavy (non-hydrogen) atoms. The summed E-state index contributed by atoms with van der Waals surface area (Å²) in [4.78, 5) is 22.7. The van der Waals surface area contributed by atoms with Gasteiger partial charge in [-0.2, -0.15) is 0 Å². The number of ketones is 1. The van der Waals surface area contributed by atoms with E-state index in [1.54, 1.807) is 48.5 Å². The van der Waals surface area contributed by atoms with Crippen LogP contribution in [0, 0.1) is 10.1 Å². The van der Waals surface area contributed by atoms with Gasteiger partial charge in [0, 0.05) is 33.8 Å². The van der Waals surface area contributed by atoms with Crippen molar-refractivity contribution < 1.29 is 18.9 Å². The molecule has 0 aliphatic heterocycles. The van der Waals surface area contributed by atoms with E-state index in [4.69, 9.17) is 20.8 Å². The van der Waals surface area contributed by atoms with Crippen LogP contribution in [0.3, 0.4) is 0 Å². The zero-order valence-corrected chi connectivity index (χ0v) is 16.7. The predicted molar refractivity (Wildman–Crippen MR) is 112 cm³/mol. The first-order chi connectivity index (χ1) is 15.0. The zero-order chi connectivity index (χ0) is 21.8. The van der Waals surface area contributed by atoms with Gasteiger partial charge in [-0.3, -0.25) is 14.9 Å². The molecule has 1 aromatic heterocycles. The molecule has 0 aliphatic carbocycles. The minimum Gasteiger partial charge on any atom is -0.484 e. The summed E-state index contributed by atoms with van der Waals surface area (Å²) in [6.07, 6.45) is 0. The number of hydrogen-bond acceptors (Lipinski definition) is 7. The fraction of sp³-hybridized carbons (Fsp3) is 0.0455. The van der Waals surface area contributed by atoms with Crippen molar-refractivity contribution in [3.05, 3.63) is 105 Å². The molecule has 0 unspecified atom stereocenters. The molecule has 0 atom stereocenters. The second-order valence-electron chi connectivity index (χ2n) is 6.45. The first-order valence-corrected chi connectivity index (χ1v) is 9.48. The highest BCUT2D eigenvalue weighted by Crippen LogP contribution is 2.22. The lowest BCUT2D eigenvalue weighted by Gasteiger charge is -2.05. The molecule has 3 aromatic carbocycles. The van der Waals surface area contributed by atoms with Crippen LogP contribution < -0.4 is 4.74 Å². The molecule has 8 nitrogen and oxygen atoms in total. The van der Waals surface area contributed by atoms with Gasteiger partial charge in [-0.25, -0.2) is 0 Å². The van der Waals surface area contributed by atoms with Gasteiger partial charge < -0.3 is 9.15 Å². The molecule has 0 spiro atoms. The van der Waals surface area contributed by atoms with Gasteiger partial charge in [0.25, 0.3) is 11.6 Å². The summed E-state index contributed by atoms with van der Waals surface area (Å²) in [6.45, 7) is 0.0322. The number of benzene rings is 3. The van der Waals surface area contributed by atoms with E-state index < -0.39 is 4.92 Å². The van der Waals surface area contributed by atoms with Crippen molar-refractivity contribution in [1.82, 2.24) is 10.2 Å². The Morgan fingerprint density at radius 1 is 0.935 bits per heavy atom. The van der Waals surface area contributed by atoms with Crippen LogP contribution in [0.2, 0.25) is 5.02 Å². The van der Waals surface area contributed by atoms with E-state index in [1.165, 1.54) is 24.3 Å². The molecular weight excluding hydrogens is 422 g/mol. The lowest BCUT2D eigenvalue weighted by molar-refractivity contribution is -0.384. The van der Waals surface area contributed by atoms with Crippen LogP contribution in [0.25, 0.3) is 11.5 Å². The Bertz CT molecular complexity index is 1220. The first-order valence-electron chi connectivity index (χ1n) is 9.10. The van der Waals surface area contributed by atoms with Crippen LogP contribution in [0.1, 0.15) is 21.8 Å². The Morgan fingerprint density at radius 2 is 1.55 bits per heavy atom. The molecule has 0 radical (unpaired) electrons. The summed E-state index contributed by atoms with van der Waals surface area (Å²) in [5, 5.41) is 19.1. The Balaban J connectivity index is 1.38. The standard InChI is InChI=1S/C22H14ClN3O5/c23-17-7-1-14(2-8-17)21(27)15-5-11-19(12-6-15)30-13-20-24-25-22(31-20)16-3-9-18(10-4-16)26(28)29/h1-12H,13H2. The van der Waals surface area contributed by atoms with Crippen LogP contribution in [0.4, 0.5) is 5.69 Å². The average molecular weight is 436 g/mol. The highest BCUT2D eigenvalue weighted by molar-refractivity contribution is 6.30. The van der Waals surface area contributed by atoms with Crippen molar-refractivity contribution in [1.29, 1.82) is 0 Å². The van der Waals surface area contributed by atoms with E-state index >= 15 is 0 Å². The number of halogens is 1. The van der Waals surface area contributed by atoms with Gasteiger partial charge >= 0.3 is 0 Å². The smallest absolute Gasteiger partial charge is 0.269 e. The van der Waals surface area contributed by atoms with Gasteiger partial charge in [0.2, 0.25) is 5.89 Å². The summed E-state index contributed by atoms with van der Waals surface area (Å²) in [6, 6.07) is 19.2. The number of nitro benzene ring substituents is 1. The summed E-state index contributed by atoms with van der Waals surface area (Å²) < 4.78 is 11.2. The fourth-order valence-electron chi connectivity index (χ4n) is 2.77. The van der Waals surface area contributed by atoms with Crippen LogP contribution >= 0.6 is 11.6 Å². The third-order valence-corrected chi connectivity index (χ3v) is 4.63. The van der Waals surface area contributed by atoms with Gasteiger partial charge in [0.1, 0.15) is 5.75 Å². The van der Waals surface area contributed by atoms with E-state index in [0.717, 1.165) is 0 Å². The molecule has 0 N–H and O–H groups in total. The number of non-ortho nitro benzene ring substituents is 1. The van der Waals surface area contributed by atoms with Crippen LogP contribution in [0.15, 0.2) is 77.2 Å². The highest BCUT2D eigenvalue weighted by atomic mass is 35.5. The SMILES string of the molecule is O=C(c1ccc(Cl)cc1)c1ccc(OCc2nnc(-c3ccc([N+](=O)[O-])cc3)o2)cc1. The number of rotatable bonds is 7. The molecule has 154 valence electrons. The summed E-state index contributed by atoms with van der Waals surface area (Å²) >= 11 is 5.85. The number of hydrogen-bond donors (Lipinski definition) is 0. The van der Waals surface area contributed by atoms with Gasteiger partial charge in [0.15, 0.2) is 12.4 Å². The topological polar surface area (TPSA) is 108 Å². The Hall–Kier alpha value is -4.04. The molecule has 0 fully saturated rings. The van der Waals surface area contributed by atoms with Gasteiger partial charge in [0.05, 0.1) is 4.92 Å². The Labute approximate surface area is 181 Å². The average Bonchev–Trinajstić information content (AvgIpc) is 3.27. The normalized spacial score (nSPS) is 10.6. The number of ether oxygens (including phenoxy) is 1. The molecule has 4 rings (SSSR count). The molecule has 0 bridgehead atoms. The number of aromatic nitrogens is 2. The molecule has 1 heterocycles. The molecule has 0 saturated heterocycles. The van der Waals surface area contributed by atoms with Crippen LogP contribution in [-0.4, -0.2) is 20.9 Å². The second-order valence-corrected chi connectivity index (χ2v) is 6.89. The number of nitrogens with zero attached hydrogens (tertiary/aromatic N) is 3. The predicted octanol–water partition coefficient (Wildman–Crippen LogP) is 5.11. The molecule has 9 heteroatoms. The summed E-state index contributed by atoms with van der Waals surface area (Å²) in [5.74, 6) is 0.891. The second kappa shape index (κ2) is 8.76. The van der Waals surface area contributed by atoms with Crippen molar-refractivity contribution in [3.63, 3.8) is 0 Å². The molecular formula is C22H14ClN3O5. The fourth-order valence-corrected chi connectivity index (χ4v) is 2.90. The molecule has 0 amide bonds. The molecule has 0 aliphatic rings. The largest absolute Gasteiger partial charge is 0.484 e. The Morgan fingerprint density at radius 3 is 2.16 bits per heavy atom. The van der Waals surface area contributed by atoms with E-state index in [2.05, 4.69) is 10.2 Å². The summed E-state index contributed by atoms with van der Waals surface area (Å²) in [7, 11) is 0. The number of carbonyl (C=O) groups excluding carboxylic acids is 1. The zero-order valence-electron chi connectivity index (χ0n) is 15.9. The highest BCUT2D eigenvalue weighted by Gasteiger charge is 2.12. The van der Waals surface area contributed by atoms with Crippen molar-refractivity contribution >= 4 is 23.1 Å². The van der Waals surface area contributed by atoms with Crippen LogP contribution in [-0.2, 0) is 6.61 Å². The Kier molecular flexibility index (Phi) is 5.72. The number of nitro groups is 1. The summed E-state index contributed by atoms with van der Waals surface area (Å²) in [5.41, 5.74) is 1.61. The molecule has 0 saturated carbocycles. The number of carbonyl (C=O) groups is 1. The third kappa shape index (κ3) is 4.76. The van der Waals surface area contributed by atoms with E-state index in [9.17, 15) is 14.9 Å². The maximum atomic E-state index is 12.5. The van der Waals surface area contributed by atoms with E-state index in [-0.39, 0.29) is 29.9 Å². The monoisotopic (exact) mass is 435 g/mol. The maximum Gasteiger partial charge on any atom is 0.269 e. The van der Waals surface area contributed by atoms with Crippen molar-refractivity contribution in [2.75, 3.05) is 0 Å². The van der Waals surface area contributed by atoms with Gasteiger partial charge in [-0.15, -0.1) is 10.2 Å². The van der Waals surface area contributed by atoms with Crippen molar-refractivity contribution in [2.45, 2.75) is 6.61 Å². The quantitative estimate of drug-likeness (QED) is 0.225. The first kappa shape index (κ1) is 20.2. The van der Waals surface area contributed by atoms with Crippen molar-refractivity contribution in [3.8, 4) is 17.2 Å². The van der Waals surface area contributed by atoms with Crippen LogP contribution in [0.5, 0.6) is 5.75 Å². The van der Waals surface area contributed by atoms with E-state index in [1.807, 2.05) is 0 Å². The molecule has 4 aromatic rings.